The van der Waals surface area contributed by atoms with Gasteiger partial charge in [-0.05, 0) is 31.1 Å². The van der Waals surface area contributed by atoms with Crippen molar-refractivity contribution >= 4 is 6.03 Å². The smallest absolute Gasteiger partial charge is 0.315 e. The number of carbonyl (C=O) groups is 1. The van der Waals surface area contributed by atoms with Crippen LogP contribution in [0.25, 0.3) is 0 Å². The Morgan fingerprint density at radius 1 is 1.23 bits per heavy atom. The van der Waals surface area contributed by atoms with Crippen LogP contribution in [-0.4, -0.2) is 18.1 Å². The number of carbonyl (C=O) groups excluding carboxylic acids is 1. The van der Waals surface area contributed by atoms with Gasteiger partial charge in [0, 0.05) is 12.1 Å². The van der Waals surface area contributed by atoms with Crippen LogP contribution >= 0.6 is 0 Å². The van der Waals surface area contributed by atoms with Crippen LogP contribution in [0.3, 0.4) is 0 Å². The van der Waals surface area contributed by atoms with Gasteiger partial charge in [0.15, 0.2) is 0 Å². The Hall–Kier alpha value is -0.730. The van der Waals surface area contributed by atoms with Gasteiger partial charge >= 0.3 is 6.03 Å². The predicted octanol–water partition coefficient (Wildman–Crippen LogP) is 1.49. The van der Waals surface area contributed by atoms with Crippen LogP contribution < -0.4 is 10.6 Å². The molecule has 0 heterocycles. The number of rotatable bonds is 2. The highest BCUT2D eigenvalue weighted by Crippen LogP contribution is 2.33. The van der Waals surface area contributed by atoms with Crippen molar-refractivity contribution in [3.05, 3.63) is 0 Å². The monoisotopic (exact) mass is 182 g/mol. The third kappa shape index (κ3) is 1.95. The molecular weight excluding hydrogens is 164 g/mol. The minimum absolute atomic E-state index is 0.0336. The summed E-state index contributed by atoms with van der Waals surface area (Å²) in [4.78, 5) is 11.3. The molecule has 0 aromatic rings. The molecule has 3 unspecified atom stereocenters. The zero-order valence-corrected chi connectivity index (χ0v) is 8.34. The van der Waals surface area contributed by atoms with Crippen LogP contribution in [0.1, 0.15) is 33.1 Å². The third-order valence-corrected chi connectivity index (χ3v) is 3.39. The van der Waals surface area contributed by atoms with Gasteiger partial charge in [-0.1, -0.05) is 13.8 Å². The first kappa shape index (κ1) is 8.85. The zero-order chi connectivity index (χ0) is 9.42. The molecule has 2 amide bonds. The van der Waals surface area contributed by atoms with E-state index in [1.807, 2.05) is 0 Å². The lowest BCUT2D eigenvalue weighted by Gasteiger charge is -2.41. The molecule has 0 saturated heterocycles. The molecule has 0 radical (unpaired) electrons. The van der Waals surface area contributed by atoms with E-state index in [0.29, 0.717) is 18.0 Å². The van der Waals surface area contributed by atoms with E-state index < -0.39 is 0 Å². The highest BCUT2D eigenvalue weighted by Gasteiger charge is 2.35. The molecule has 3 atom stereocenters. The minimum atomic E-state index is 0.0336. The van der Waals surface area contributed by atoms with Crippen molar-refractivity contribution in [2.45, 2.75) is 45.2 Å². The lowest BCUT2D eigenvalue weighted by atomic mass is 9.71. The Bertz CT molecular complexity index is 213. The van der Waals surface area contributed by atoms with Crippen molar-refractivity contribution < 1.29 is 4.79 Å². The summed E-state index contributed by atoms with van der Waals surface area (Å²) in [6.07, 6.45) is 3.45. The predicted molar refractivity (Wildman–Crippen MR) is 51.4 cm³/mol. The van der Waals surface area contributed by atoms with Crippen LogP contribution in [0, 0.1) is 11.8 Å². The Kier molecular flexibility index (Phi) is 2.18. The van der Waals surface area contributed by atoms with Crippen molar-refractivity contribution in [3.63, 3.8) is 0 Å². The second-order valence-electron chi connectivity index (χ2n) is 4.57. The molecule has 2 aliphatic carbocycles. The van der Waals surface area contributed by atoms with Gasteiger partial charge in [0.1, 0.15) is 0 Å². The molecule has 0 bridgehead atoms. The van der Waals surface area contributed by atoms with Gasteiger partial charge in [-0.15, -0.1) is 0 Å². The summed E-state index contributed by atoms with van der Waals surface area (Å²) >= 11 is 0. The fourth-order valence-corrected chi connectivity index (χ4v) is 1.84. The fraction of sp³-hybridized carbons (Fsp3) is 0.900. The lowest BCUT2D eigenvalue weighted by molar-refractivity contribution is 0.140. The average Bonchev–Trinajstić information content (AvgIpc) is 2.87. The first-order chi connectivity index (χ1) is 6.16. The molecular formula is C10H18N2O. The molecule has 13 heavy (non-hydrogen) atoms. The van der Waals surface area contributed by atoms with Crippen molar-refractivity contribution in [2.75, 3.05) is 0 Å². The van der Waals surface area contributed by atoms with E-state index in [-0.39, 0.29) is 6.03 Å². The Labute approximate surface area is 79.3 Å². The molecule has 0 aromatic carbocycles. The summed E-state index contributed by atoms with van der Waals surface area (Å²) in [5, 5.41) is 5.96. The second kappa shape index (κ2) is 3.20. The Morgan fingerprint density at radius 2 is 1.92 bits per heavy atom. The molecule has 3 nitrogen and oxygen atoms in total. The van der Waals surface area contributed by atoms with Crippen LogP contribution in [0.5, 0.6) is 0 Å². The standard InChI is InChI=1S/C10H18N2O/c1-6-5-9(7(6)2)12-10(13)11-8-3-4-8/h6-9H,3-5H2,1-2H3,(H2,11,12,13). The van der Waals surface area contributed by atoms with E-state index >= 15 is 0 Å². The fourth-order valence-electron chi connectivity index (χ4n) is 1.84. The molecule has 0 spiro atoms. The molecule has 2 rings (SSSR count). The maximum atomic E-state index is 11.3. The largest absolute Gasteiger partial charge is 0.335 e. The summed E-state index contributed by atoms with van der Waals surface area (Å²) in [5.74, 6) is 1.41. The average molecular weight is 182 g/mol. The number of nitrogens with one attached hydrogen (secondary N) is 2. The van der Waals surface area contributed by atoms with Crippen molar-refractivity contribution in [3.8, 4) is 0 Å². The normalized spacial score (nSPS) is 37.8. The Morgan fingerprint density at radius 3 is 2.38 bits per heavy atom. The quantitative estimate of drug-likeness (QED) is 0.667. The molecule has 2 aliphatic rings. The van der Waals surface area contributed by atoms with Gasteiger partial charge < -0.3 is 10.6 Å². The lowest BCUT2D eigenvalue weighted by Crippen LogP contribution is -2.53. The SMILES string of the molecule is CC1CC(NC(=O)NC2CC2)C1C. The topological polar surface area (TPSA) is 41.1 Å². The summed E-state index contributed by atoms with van der Waals surface area (Å²) in [6, 6.07) is 0.910. The third-order valence-electron chi connectivity index (χ3n) is 3.39. The van der Waals surface area contributed by atoms with E-state index in [0.717, 1.165) is 25.2 Å². The van der Waals surface area contributed by atoms with Crippen LogP contribution in [-0.2, 0) is 0 Å². The van der Waals surface area contributed by atoms with Crippen molar-refractivity contribution in [1.29, 1.82) is 0 Å². The summed E-state index contributed by atoms with van der Waals surface area (Å²) in [7, 11) is 0. The van der Waals surface area contributed by atoms with E-state index in [1.54, 1.807) is 0 Å². The van der Waals surface area contributed by atoms with Gasteiger partial charge in [0.2, 0.25) is 0 Å². The highest BCUT2D eigenvalue weighted by molar-refractivity contribution is 5.75. The van der Waals surface area contributed by atoms with Gasteiger partial charge in [-0.2, -0.15) is 0 Å². The minimum Gasteiger partial charge on any atom is -0.335 e. The summed E-state index contributed by atoms with van der Waals surface area (Å²) in [6.45, 7) is 4.44. The van der Waals surface area contributed by atoms with E-state index in [2.05, 4.69) is 24.5 Å². The maximum absolute atomic E-state index is 11.3. The summed E-state index contributed by atoms with van der Waals surface area (Å²) < 4.78 is 0. The van der Waals surface area contributed by atoms with E-state index in [1.165, 1.54) is 0 Å². The van der Waals surface area contributed by atoms with E-state index in [9.17, 15) is 4.79 Å². The highest BCUT2D eigenvalue weighted by atomic mass is 16.2. The van der Waals surface area contributed by atoms with Crippen LogP contribution in [0.15, 0.2) is 0 Å². The van der Waals surface area contributed by atoms with E-state index in [4.69, 9.17) is 0 Å². The Balaban J connectivity index is 1.68. The molecule has 2 N–H and O–H groups in total. The number of amides is 2. The van der Waals surface area contributed by atoms with Crippen LogP contribution in [0.2, 0.25) is 0 Å². The van der Waals surface area contributed by atoms with Crippen molar-refractivity contribution in [1.82, 2.24) is 10.6 Å². The molecule has 74 valence electrons. The second-order valence-corrected chi connectivity index (χ2v) is 4.57. The van der Waals surface area contributed by atoms with Gasteiger partial charge in [0.05, 0.1) is 0 Å². The molecule has 0 aliphatic heterocycles. The first-order valence-corrected chi connectivity index (χ1v) is 5.24. The van der Waals surface area contributed by atoms with Crippen molar-refractivity contribution in [2.24, 2.45) is 11.8 Å². The van der Waals surface area contributed by atoms with Gasteiger partial charge in [0.25, 0.3) is 0 Å². The molecule has 0 aromatic heterocycles. The van der Waals surface area contributed by atoms with Gasteiger partial charge in [-0.3, -0.25) is 0 Å². The summed E-state index contributed by atoms with van der Waals surface area (Å²) in [5.41, 5.74) is 0. The van der Waals surface area contributed by atoms with Gasteiger partial charge in [-0.25, -0.2) is 4.79 Å². The number of hydrogen-bond donors (Lipinski definition) is 2. The molecule has 2 fully saturated rings. The van der Waals surface area contributed by atoms with Crippen LogP contribution in [0.4, 0.5) is 4.79 Å². The molecule has 2 saturated carbocycles. The maximum Gasteiger partial charge on any atom is 0.315 e. The first-order valence-electron chi connectivity index (χ1n) is 5.24. The molecule has 3 heteroatoms. The zero-order valence-electron chi connectivity index (χ0n) is 8.34. The number of hydrogen-bond acceptors (Lipinski definition) is 1. The number of urea groups is 1.